The minimum Gasteiger partial charge on any atom is -0.318 e. The first-order valence-electron chi connectivity index (χ1n) is 6.52. The number of benzene rings is 1. The Labute approximate surface area is 104 Å². The largest absolute Gasteiger partial charge is 0.318 e. The van der Waals surface area contributed by atoms with Crippen molar-refractivity contribution in [3.8, 4) is 0 Å². The van der Waals surface area contributed by atoms with Crippen LogP contribution >= 0.6 is 0 Å². The monoisotopic (exact) mass is 232 g/mol. The lowest BCUT2D eigenvalue weighted by Crippen LogP contribution is -2.06. The van der Waals surface area contributed by atoms with Gasteiger partial charge in [0.15, 0.2) is 0 Å². The molecule has 1 N–H and O–H groups in total. The van der Waals surface area contributed by atoms with Crippen molar-refractivity contribution in [1.82, 2.24) is 0 Å². The third-order valence-corrected chi connectivity index (χ3v) is 3.25. The molecule has 0 spiro atoms. The van der Waals surface area contributed by atoms with Gasteiger partial charge in [-0.3, -0.25) is 4.79 Å². The van der Waals surface area contributed by atoms with Gasteiger partial charge < -0.3 is 5.32 Å². The molecule has 0 saturated carbocycles. The molecule has 0 fully saturated rings. The van der Waals surface area contributed by atoms with Crippen LogP contribution in [0.3, 0.4) is 0 Å². The highest BCUT2D eigenvalue weighted by atomic mass is 16.1. The van der Waals surface area contributed by atoms with E-state index in [1.807, 2.05) is 18.2 Å². The number of hydrogen-bond acceptors (Lipinski definition) is 1. The zero-order valence-electron chi connectivity index (χ0n) is 10.8. The Morgan fingerprint density at radius 1 is 1.29 bits per heavy atom. The minimum atomic E-state index is 0.713. The van der Waals surface area contributed by atoms with Crippen LogP contribution in [0.5, 0.6) is 0 Å². The summed E-state index contributed by atoms with van der Waals surface area (Å²) < 4.78 is 0. The molecule has 0 aliphatic heterocycles. The molecule has 1 aromatic carbocycles. The van der Waals surface area contributed by atoms with E-state index in [0.717, 1.165) is 12.1 Å². The minimum absolute atomic E-state index is 0.713. The smallest absolute Gasteiger partial charge is 0.314 e. The number of para-hydroxylation sites is 1. The van der Waals surface area contributed by atoms with Crippen LogP contribution in [0.1, 0.15) is 45.1 Å². The lowest BCUT2D eigenvalue weighted by molar-refractivity contribution is 0.449. The van der Waals surface area contributed by atoms with Crippen LogP contribution in [0.2, 0.25) is 0 Å². The molecule has 1 unspecified atom stereocenters. The van der Waals surface area contributed by atoms with Crippen LogP contribution < -0.4 is 5.32 Å². The molecular formula is C15H22NO. The van der Waals surface area contributed by atoms with Gasteiger partial charge in [-0.15, -0.1) is 0 Å². The fraction of sp³-hybridized carbons (Fsp3) is 0.533. The van der Waals surface area contributed by atoms with E-state index in [0.29, 0.717) is 5.92 Å². The van der Waals surface area contributed by atoms with E-state index in [1.54, 1.807) is 6.41 Å². The molecule has 2 nitrogen and oxygen atoms in total. The van der Waals surface area contributed by atoms with Crippen molar-refractivity contribution < 1.29 is 4.79 Å². The van der Waals surface area contributed by atoms with Gasteiger partial charge in [0.1, 0.15) is 0 Å². The van der Waals surface area contributed by atoms with Crippen LogP contribution in [-0.4, -0.2) is 6.41 Å². The molecule has 2 heteroatoms. The van der Waals surface area contributed by atoms with Crippen LogP contribution in [0.15, 0.2) is 24.3 Å². The lowest BCUT2D eigenvalue weighted by atomic mass is 9.91. The van der Waals surface area contributed by atoms with Crippen LogP contribution in [0, 0.1) is 5.92 Å². The second kappa shape index (κ2) is 7.88. The second-order valence-electron chi connectivity index (χ2n) is 4.50. The summed E-state index contributed by atoms with van der Waals surface area (Å²) in [6.07, 6.45) is 7.80. The van der Waals surface area contributed by atoms with Crippen molar-refractivity contribution in [2.75, 3.05) is 5.32 Å². The van der Waals surface area contributed by atoms with Gasteiger partial charge in [-0.25, -0.2) is 0 Å². The van der Waals surface area contributed by atoms with Gasteiger partial charge in [-0.2, -0.15) is 0 Å². The van der Waals surface area contributed by atoms with E-state index in [2.05, 4.69) is 25.2 Å². The summed E-state index contributed by atoms with van der Waals surface area (Å²) in [4.78, 5) is 10.4. The van der Waals surface area contributed by atoms with E-state index in [-0.39, 0.29) is 0 Å². The molecule has 0 heterocycles. The van der Waals surface area contributed by atoms with E-state index < -0.39 is 0 Å². The van der Waals surface area contributed by atoms with E-state index in [9.17, 15) is 4.79 Å². The molecule has 0 aliphatic rings. The molecule has 93 valence electrons. The first-order chi connectivity index (χ1) is 8.31. The van der Waals surface area contributed by atoms with Crippen LogP contribution in [0.4, 0.5) is 5.69 Å². The summed E-state index contributed by atoms with van der Waals surface area (Å²) in [5.74, 6) is 0.713. The van der Waals surface area contributed by atoms with Crippen molar-refractivity contribution in [3.05, 3.63) is 29.8 Å². The van der Waals surface area contributed by atoms with Gasteiger partial charge in [0.2, 0.25) is 0 Å². The highest BCUT2D eigenvalue weighted by Gasteiger charge is 2.09. The van der Waals surface area contributed by atoms with E-state index >= 15 is 0 Å². The molecule has 1 aromatic rings. The number of carbonyl (C=O) groups excluding carboxylic acids is 1. The molecule has 17 heavy (non-hydrogen) atoms. The Hall–Kier alpha value is -1.31. The van der Waals surface area contributed by atoms with Crippen molar-refractivity contribution in [2.24, 2.45) is 5.92 Å². The lowest BCUT2D eigenvalue weighted by Gasteiger charge is -2.16. The maximum atomic E-state index is 10.4. The fourth-order valence-corrected chi connectivity index (χ4v) is 2.13. The quantitative estimate of drug-likeness (QED) is 0.676. The number of unbranched alkanes of at least 4 members (excludes halogenated alkanes) is 1. The molecule has 0 aliphatic carbocycles. The Morgan fingerprint density at radius 3 is 2.71 bits per heavy atom. The number of nitrogens with one attached hydrogen (secondary N) is 1. The average Bonchev–Trinajstić information content (AvgIpc) is 2.36. The molecule has 1 radical (unpaired) electrons. The van der Waals surface area contributed by atoms with Gasteiger partial charge in [0.25, 0.3) is 0 Å². The predicted molar refractivity (Wildman–Crippen MR) is 72.8 cm³/mol. The van der Waals surface area contributed by atoms with Gasteiger partial charge in [0.05, 0.1) is 0 Å². The SMILES string of the molecule is CCCCC(CC)Cc1ccccc1N[C]=O. The Morgan fingerprint density at radius 2 is 2.06 bits per heavy atom. The molecule has 1 rings (SSSR count). The summed E-state index contributed by atoms with van der Waals surface area (Å²) in [5, 5.41) is 2.66. The van der Waals surface area contributed by atoms with Crippen molar-refractivity contribution in [3.63, 3.8) is 0 Å². The molecule has 0 aromatic heterocycles. The summed E-state index contributed by atoms with van der Waals surface area (Å²) in [6.45, 7) is 4.46. The number of rotatable bonds is 8. The summed E-state index contributed by atoms with van der Waals surface area (Å²) in [6, 6.07) is 8.00. The van der Waals surface area contributed by atoms with Crippen molar-refractivity contribution >= 4 is 12.1 Å². The van der Waals surface area contributed by atoms with Gasteiger partial charge in [-0.1, -0.05) is 57.7 Å². The summed E-state index contributed by atoms with van der Waals surface area (Å²) in [7, 11) is 0. The standard InChI is InChI=1S/C15H22NO/c1-3-5-8-13(4-2)11-14-9-6-7-10-15(14)16-12-17/h6-7,9-10,13H,3-5,8,11H2,1-2H3,(H,16,17). The molecule has 0 saturated heterocycles. The Bertz CT molecular complexity index is 335. The number of amides is 1. The fourth-order valence-electron chi connectivity index (χ4n) is 2.13. The first-order valence-corrected chi connectivity index (χ1v) is 6.52. The molecule has 0 bridgehead atoms. The van der Waals surface area contributed by atoms with Gasteiger partial charge >= 0.3 is 6.41 Å². The zero-order valence-corrected chi connectivity index (χ0v) is 10.8. The summed E-state index contributed by atoms with van der Waals surface area (Å²) in [5.41, 5.74) is 2.12. The van der Waals surface area contributed by atoms with Crippen molar-refractivity contribution in [2.45, 2.75) is 46.0 Å². The van der Waals surface area contributed by atoms with Gasteiger partial charge in [-0.05, 0) is 24.0 Å². The molecule has 1 atom stereocenters. The first kappa shape index (κ1) is 13.8. The molecule has 1 amide bonds. The zero-order chi connectivity index (χ0) is 12.5. The highest BCUT2D eigenvalue weighted by molar-refractivity contribution is 5.73. The number of hydrogen-bond donors (Lipinski definition) is 1. The number of anilines is 1. The third kappa shape index (κ3) is 4.59. The molecular weight excluding hydrogens is 210 g/mol. The van der Waals surface area contributed by atoms with Crippen LogP contribution in [-0.2, 0) is 11.2 Å². The average molecular weight is 232 g/mol. The second-order valence-corrected chi connectivity index (χ2v) is 4.50. The Kier molecular flexibility index (Phi) is 6.38. The van der Waals surface area contributed by atoms with Gasteiger partial charge in [0, 0.05) is 5.69 Å². The maximum Gasteiger partial charge on any atom is 0.314 e. The third-order valence-electron chi connectivity index (χ3n) is 3.25. The Balaban J connectivity index is 2.67. The summed E-state index contributed by atoms with van der Waals surface area (Å²) >= 11 is 0. The topological polar surface area (TPSA) is 29.1 Å². The maximum absolute atomic E-state index is 10.4. The van der Waals surface area contributed by atoms with Crippen LogP contribution in [0.25, 0.3) is 0 Å². The predicted octanol–water partition coefficient (Wildman–Crippen LogP) is 3.92. The van der Waals surface area contributed by atoms with E-state index in [1.165, 1.54) is 31.2 Å². The van der Waals surface area contributed by atoms with Crippen molar-refractivity contribution in [1.29, 1.82) is 0 Å². The normalized spacial score (nSPS) is 12.1. The highest BCUT2D eigenvalue weighted by Crippen LogP contribution is 2.23. The van der Waals surface area contributed by atoms with E-state index in [4.69, 9.17) is 0 Å².